The molecular formula is C13H20N2O4S. The molecule has 0 amide bonds. The third-order valence-corrected chi connectivity index (χ3v) is 3.55. The van der Waals surface area contributed by atoms with E-state index in [1.165, 1.54) is 18.0 Å². The van der Waals surface area contributed by atoms with Crippen LogP contribution < -0.4 is 0 Å². The van der Waals surface area contributed by atoms with E-state index in [-0.39, 0.29) is 11.7 Å². The Morgan fingerprint density at radius 1 is 1.45 bits per heavy atom. The van der Waals surface area contributed by atoms with Gasteiger partial charge in [0.05, 0.1) is 4.92 Å². The average Bonchev–Trinajstić information content (AvgIpc) is 2.40. The number of nitro benzene ring substituents is 1. The molecule has 0 aliphatic rings. The van der Waals surface area contributed by atoms with Crippen LogP contribution >= 0.6 is 11.9 Å². The van der Waals surface area contributed by atoms with Crippen LogP contribution in [0.1, 0.15) is 13.3 Å². The number of benzene rings is 1. The number of nitro groups is 1. The van der Waals surface area contributed by atoms with Gasteiger partial charge in [0.2, 0.25) is 0 Å². The van der Waals surface area contributed by atoms with Gasteiger partial charge in [0.25, 0.3) is 5.69 Å². The average molecular weight is 300 g/mol. The normalized spacial score (nSPS) is 11.4. The molecule has 20 heavy (non-hydrogen) atoms. The lowest BCUT2D eigenvalue weighted by atomic mass is 10.3. The summed E-state index contributed by atoms with van der Waals surface area (Å²) >= 11 is 1.28. The molecule has 0 aliphatic heterocycles. The highest BCUT2D eigenvalue weighted by atomic mass is 32.2. The molecule has 0 radical (unpaired) electrons. The summed E-state index contributed by atoms with van der Waals surface area (Å²) in [5, 5.41) is 10.8. The Balaban J connectivity index is 0.00000110. The number of rotatable bonds is 6. The summed E-state index contributed by atoms with van der Waals surface area (Å²) in [5.74, 6) is 0. The molecule has 0 N–H and O–H groups in total. The lowest BCUT2D eigenvalue weighted by Gasteiger charge is -2.21. The van der Waals surface area contributed by atoms with Gasteiger partial charge in [0.1, 0.15) is 11.2 Å². The number of aldehydes is 1. The molecule has 112 valence electrons. The van der Waals surface area contributed by atoms with E-state index in [2.05, 4.69) is 4.74 Å². The SMILES string of the molecule is COC.C[C@H](CC=O)N(C)Sc1ccccc1[N+](=O)[O-]. The molecule has 0 saturated carbocycles. The van der Waals surface area contributed by atoms with Crippen molar-refractivity contribution in [2.45, 2.75) is 24.3 Å². The number of ether oxygens (including phenoxy) is 1. The first-order valence-electron chi connectivity index (χ1n) is 5.95. The molecule has 0 saturated heterocycles. The largest absolute Gasteiger partial charge is 0.388 e. The highest BCUT2D eigenvalue weighted by Gasteiger charge is 2.17. The van der Waals surface area contributed by atoms with Crippen molar-refractivity contribution in [3.8, 4) is 0 Å². The molecule has 0 unspecified atom stereocenters. The van der Waals surface area contributed by atoms with E-state index in [4.69, 9.17) is 0 Å². The molecule has 0 aromatic heterocycles. The van der Waals surface area contributed by atoms with Gasteiger partial charge in [-0.15, -0.1) is 0 Å². The van der Waals surface area contributed by atoms with E-state index in [0.717, 1.165) is 6.29 Å². The van der Waals surface area contributed by atoms with E-state index < -0.39 is 4.92 Å². The molecule has 0 fully saturated rings. The van der Waals surface area contributed by atoms with Crippen LogP contribution in [0.4, 0.5) is 5.69 Å². The van der Waals surface area contributed by atoms with E-state index in [9.17, 15) is 14.9 Å². The van der Waals surface area contributed by atoms with E-state index >= 15 is 0 Å². The Hall–Kier alpha value is -1.44. The number of methoxy groups -OCH3 is 1. The Morgan fingerprint density at radius 3 is 2.50 bits per heavy atom. The first-order chi connectivity index (χ1) is 9.47. The zero-order chi connectivity index (χ0) is 15.5. The second-order valence-corrected chi connectivity index (χ2v) is 5.22. The highest BCUT2D eigenvalue weighted by Crippen LogP contribution is 2.31. The molecule has 1 atom stereocenters. The smallest absolute Gasteiger partial charge is 0.284 e. The van der Waals surface area contributed by atoms with Crippen LogP contribution in [0.2, 0.25) is 0 Å². The van der Waals surface area contributed by atoms with Gasteiger partial charge in [-0.3, -0.25) is 10.1 Å². The first-order valence-corrected chi connectivity index (χ1v) is 6.73. The van der Waals surface area contributed by atoms with Crippen LogP contribution in [0.5, 0.6) is 0 Å². The van der Waals surface area contributed by atoms with Gasteiger partial charge in [0.15, 0.2) is 0 Å². The minimum atomic E-state index is -0.402. The number of para-hydroxylation sites is 1. The molecule has 0 bridgehead atoms. The fraction of sp³-hybridized carbons (Fsp3) is 0.462. The summed E-state index contributed by atoms with van der Waals surface area (Å²) in [7, 11) is 5.07. The third kappa shape index (κ3) is 6.65. The predicted octanol–water partition coefficient (Wildman–Crippen LogP) is 2.77. The maximum Gasteiger partial charge on any atom is 0.284 e. The van der Waals surface area contributed by atoms with E-state index in [0.29, 0.717) is 11.3 Å². The van der Waals surface area contributed by atoms with Crippen molar-refractivity contribution in [3.63, 3.8) is 0 Å². The Kier molecular flexibility index (Phi) is 9.61. The summed E-state index contributed by atoms with van der Waals surface area (Å²) in [4.78, 5) is 21.4. The minimum Gasteiger partial charge on any atom is -0.388 e. The quantitative estimate of drug-likeness (QED) is 0.348. The topological polar surface area (TPSA) is 72.7 Å². The second-order valence-electron chi connectivity index (χ2n) is 4.02. The number of hydrogen-bond donors (Lipinski definition) is 0. The molecule has 1 aromatic carbocycles. The van der Waals surface area contributed by atoms with Crippen LogP contribution in [-0.4, -0.2) is 42.8 Å². The molecule has 0 heterocycles. The summed E-state index contributed by atoms with van der Waals surface area (Å²) < 4.78 is 6.09. The number of hydrogen-bond acceptors (Lipinski definition) is 6. The summed E-state index contributed by atoms with van der Waals surface area (Å²) in [6.07, 6.45) is 1.26. The van der Waals surface area contributed by atoms with E-state index in [1.807, 2.05) is 18.3 Å². The lowest BCUT2D eigenvalue weighted by Crippen LogP contribution is -2.22. The Bertz CT molecular complexity index is 429. The molecule has 1 aromatic rings. The fourth-order valence-corrected chi connectivity index (χ4v) is 2.17. The number of carbonyl (C=O) groups excluding carboxylic acids is 1. The Labute approximate surface area is 123 Å². The van der Waals surface area contributed by atoms with Crippen LogP contribution in [0, 0.1) is 10.1 Å². The van der Waals surface area contributed by atoms with Crippen LogP contribution in [0.15, 0.2) is 29.2 Å². The molecule has 0 spiro atoms. The van der Waals surface area contributed by atoms with Crippen LogP contribution in [0.3, 0.4) is 0 Å². The van der Waals surface area contributed by atoms with Gasteiger partial charge in [-0.2, -0.15) is 0 Å². The molecule has 6 nitrogen and oxygen atoms in total. The fourth-order valence-electron chi connectivity index (χ4n) is 1.22. The molecule has 0 aliphatic carbocycles. The van der Waals surface area contributed by atoms with Crippen molar-refractivity contribution < 1.29 is 14.5 Å². The number of carbonyl (C=O) groups is 1. The van der Waals surface area contributed by atoms with Crippen molar-refractivity contribution in [3.05, 3.63) is 34.4 Å². The Morgan fingerprint density at radius 2 is 2.00 bits per heavy atom. The van der Waals surface area contributed by atoms with Crippen molar-refractivity contribution in [1.29, 1.82) is 0 Å². The van der Waals surface area contributed by atoms with Crippen LogP contribution in [0.25, 0.3) is 0 Å². The lowest BCUT2D eigenvalue weighted by molar-refractivity contribution is -0.387. The van der Waals surface area contributed by atoms with Gasteiger partial charge >= 0.3 is 0 Å². The van der Waals surface area contributed by atoms with Crippen molar-refractivity contribution >= 4 is 23.9 Å². The van der Waals surface area contributed by atoms with E-state index in [1.54, 1.807) is 32.4 Å². The van der Waals surface area contributed by atoms with Crippen molar-refractivity contribution in [2.75, 3.05) is 21.3 Å². The maximum absolute atomic E-state index is 10.8. The zero-order valence-corrected chi connectivity index (χ0v) is 12.9. The van der Waals surface area contributed by atoms with Gasteiger partial charge in [-0.1, -0.05) is 12.1 Å². The zero-order valence-electron chi connectivity index (χ0n) is 12.1. The highest BCUT2D eigenvalue weighted by molar-refractivity contribution is 7.97. The van der Waals surface area contributed by atoms with Gasteiger partial charge in [-0.05, 0) is 32.0 Å². The summed E-state index contributed by atoms with van der Waals surface area (Å²) in [5.41, 5.74) is 0.0858. The standard InChI is InChI=1S/C11H14N2O3S.C2H6O/c1-9(7-8-14)12(2)17-11-6-4-3-5-10(11)13(15)16;1-3-2/h3-6,8-9H,7H2,1-2H3;1-2H3/t9-;/m1./s1. The molecule has 7 heteroatoms. The van der Waals surface area contributed by atoms with Gasteiger partial charge in [0, 0.05) is 32.7 Å². The molecule has 1 rings (SSSR count). The van der Waals surface area contributed by atoms with Gasteiger partial charge in [-0.25, -0.2) is 4.31 Å². The second kappa shape index (κ2) is 10.4. The number of nitrogens with zero attached hydrogens (tertiary/aromatic N) is 2. The maximum atomic E-state index is 10.8. The first kappa shape index (κ1) is 18.6. The summed E-state index contributed by atoms with van der Waals surface area (Å²) in [6, 6.07) is 6.61. The minimum absolute atomic E-state index is 0.0392. The third-order valence-electron chi connectivity index (χ3n) is 2.36. The van der Waals surface area contributed by atoms with Crippen molar-refractivity contribution in [1.82, 2.24) is 4.31 Å². The van der Waals surface area contributed by atoms with Crippen molar-refractivity contribution in [2.24, 2.45) is 0 Å². The summed E-state index contributed by atoms with van der Waals surface area (Å²) in [6.45, 7) is 1.90. The predicted molar refractivity (Wildman–Crippen MR) is 79.8 cm³/mol. The monoisotopic (exact) mass is 300 g/mol. The van der Waals surface area contributed by atoms with Gasteiger partial charge < -0.3 is 9.53 Å². The van der Waals surface area contributed by atoms with Crippen LogP contribution in [-0.2, 0) is 9.53 Å². The molecular weight excluding hydrogens is 280 g/mol.